The molecular formula is C10H15BrN2O2S. The summed E-state index contributed by atoms with van der Waals surface area (Å²) >= 11 is 3.36. The highest BCUT2D eigenvalue weighted by Gasteiger charge is 2.18. The molecule has 1 aromatic carbocycles. The lowest BCUT2D eigenvalue weighted by Gasteiger charge is -2.12. The number of hydrogen-bond donors (Lipinski definition) is 2. The summed E-state index contributed by atoms with van der Waals surface area (Å²) in [5, 5.41) is -0.574. The molecule has 0 radical (unpaired) electrons. The van der Waals surface area contributed by atoms with Crippen LogP contribution in [-0.2, 0) is 16.6 Å². The predicted octanol–water partition coefficient (Wildman–Crippen LogP) is 1.22. The van der Waals surface area contributed by atoms with E-state index in [9.17, 15) is 8.42 Å². The van der Waals surface area contributed by atoms with Crippen molar-refractivity contribution in [2.24, 2.45) is 5.73 Å². The van der Waals surface area contributed by atoms with Gasteiger partial charge in [-0.2, -0.15) is 0 Å². The summed E-state index contributed by atoms with van der Waals surface area (Å²) < 4.78 is 26.7. The molecule has 0 amide bonds. The molecule has 16 heavy (non-hydrogen) atoms. The van der Waals surface area contributed by atoms with E-state index in [2.05, 4.69) is 20.7 Å². The molecule has 0 saturated carbocycles. The van der Waals surface area contributed by atoms with E-state index in [4.69, 9.17) is 5.73 Å². The molecule has 6 heteroatoms. The molecular weight excluding hydrogens is 292 g/mol. The summed E-state index contributed by atoms with van der Waals surface area (Å²) in [5.41, 5.74) is 6.23. The van der Waals surface area contributed by atoms with E-state index >= 15 is 0 Å². The number of benzene rings is 1. The second-order valence-corrected chi connectivity index (χ2v) is 6.54. The largest absolute Gasteiger partial charge is 0.329 e. The van der Waals surface area contributed by atoms with Crippen LogP contribution in [0.2, 0.25) is 0 Å². The Morgan fingerprint density at radius 1 is 1.44 bits per heavy atom. The zero-order chi connectivity index (χ0) is 12.2. The van der Waals surface area contributed by atoms with Crippen molar-refractivity contribution in [3.8, 4) is 0 Å². The lowest BCUT2D eigenvalue weighted by atomic mass is 10.2. The highest BCUT2D eigenvalue weighted by molar-refractivity contribution is 9.10. The van der Waals surface area contributed by atoms with E-state index < -0.39 is 15.3 Å². The molecule has 0 spiro atoms. The highest BCUT2D eigenvalue weighted by Crippen LogP contribution is 2.15. The fourth-order valence-corrected chi connectivity index (χ4v) is 2.41. The minimum Gasteiger partial charge on any atom is -0.329 e. The van der Waals surface area contributed by atoms with Gasteiger partial charge in [-0.25, -0.2) is 13.1 Å². The van der Waals surface area contributed by atoms with Gasteiger partial charge in [0, 0.05) is 17.6 Å². The van der Waals surface area contributed by atoms with E-state index in [1.165, 1.54) is 0 Å². The maximum atomic E-state index is 11.6. The van der Waals surface area contributed by atoms with Crippen LogP contribution >= 0.6 is 15.9 Å². The molecule has 4 nitrogen and oxygen atoms in total. The second-order valence-electron chi connectivity index (χ2n) is 3.50. The van der Waals surface area contributed by atoms with Crippen molar-refractivity contribution in [1.29, 1.82) is 0 Å². The first-order valence-corrected chi connectivity index (χ1v) is 7.23. The zero-order valence-electron chi connectivity index (χ0n) is 8.98. The van der Waals surface area contributed by atoms with Crippen molar-refractivity contribution in [2.75, 3.05) is 6.54 Å². The van der Waals surface area contributed by atoms with Gasteiger partial charge in [0.05, 0.1) is 5.25 Å². The molecule has 90 valence electrons. The van der Waals surface area contributed by atoms with Gasteiger partial charge in [-0.05, 0) is 18.6 Å². The van der Waals surface area contributed by atoms with Gasteiger partial charge in [-0.3, -0.25) is 0 Å². The van der Waals surface area contributed by atoms with E-state index in [1.807, 2.05) is 24.3 Å². The molecule has 1 aromatic rings. The Hall–Kier alpha value is -0.430. The molecule has 0 fully saturated rings. The van der Waals surface area contributed by atoms with Crippen LogP contribution in [0.3, 0.4) is 0 Å². The zero-order valence-corrected chi connectivity index (χ0v) is 11.4. The lowest BCUT2D eigenvalue weighted by molar-refractivity contribution is 0.568. The first-order valence-electron chi connectivity index (χ1n) is 4.89. The molecule has 3 N–H and O–H groups in total. The second kappa shape index (κ2) is 5.77. The Morgan fingerprint density at radius 3 is 2.62 bits per heavy atom. The number of halogens is 1. The van der Waals surface area contributed by atoms with Crippen LogP contribution < -0.4 is 10.5 Å². The molecule has 0 aromatic heterocycles. The average Bonchev–Trinajstić information content (AvgIpc) is 2.27. The number of hydrogen-bond acceptors (Lipinski definition) is 3. The standard InChI is InChI=1S/C10H15BrN2O2S/c1-8(6-12)16(14,15)13-7-9-4-2-3-5-10(9)11/h2-5,8,13H,6-7,12H2,1H3. The number of nitrogens with one attached hydrogen (secondary N) is 1. The van der Waals surface area contributed by atoms with Crippen LogP contribution in [0.5, 0.6) is 0 Å². The van der Waals surface area contributed by atoms with Crippen LogP contribution in [0.25, 0.3) is 0 Å². The quantitative estimate of drug-likeness (QED) is 0.859. The summed E-state index contributed by atoms with van der Waals surface area (Å²) in [6, 6.07) is 7.47. The summed E-state index contributed by atoms with van der Waals surface area (Å²) in [4.78, 5) is 0. The molecule has 1 rings (SSSR count). The highest BCUT2D eigenvalue weighted by atomic mass is 79.9. The van der Waals surface area contributed by atoms with Crippen molar-refractivity contribution in [1.82, 2.24) is 4.72 Å². The van der Waals surface area contributed by atoms with Gasteiger partial charge >= 0.3 is 0 Å². The van der Waals surface area contributed by atoms with Gasteiger partial charge in [0.15, 0.2) is 0 Å². The van der Waals surface area contributed by atoms with E-state index in [0.717, 1.165) is 10.0 Å². The van der Waals surface area contributed by atoms with Crippen molar-refractivity contribution in [2.45, 2.75) is 18.7 Å². The van der Waals surface area contributed by atoms with Crippen LogP contribution in [0.1, 0.15) is 12.5 Å². The SMILES string of the molecule is CC(CN)S(=O)(=O)NCc1ccccc1Br. The molecule has 0 aliphatic heterocycles. The molecule has 0 saturated heterocycles. The maximum absolute atomic E-state index is 11.6. The lowest BCUT2D eigenvalue weighted by Crippen LogP contribution is -2.36. The Bertz CT molecular complexity index is 448. The summed E-state index contributed by atoms with van der Waals surface area (Å²) in [7, 11) is -3.32. The number of rotatable bonds is 5. The third kappa shape index (κ3) is 3.55. The molecule has 0 aliphatic rings. The van der Waals surface area contributed by atoms with Gasteiger partial charge in [-0.15, -0.1) is 0 Å². The average molecular weight is 307 g/mol. The van der Waals surface area contributed by atoms with Crippen LogP contribution in [0.4, 0.5) is 0 Å². The third-order valence-electron chi connectivity index (χ3n) is 2.28. The Morgan fingerprint density at radius 2 is 2.06 bits per heavy atom. The Labute approximate surface area is 104 Å². The molecule has 0 bridgehead atoms. The predicted molar refractivity (Wildman–Crippen MR) is 68.4 cm³/mol. The fraction of sp³-hybridized carbons (Fsp3) is 0.400. The maximum Gasteiger partial charge on any atom is 0.215 e. The van der Waals surface area contributed by atoms with Gasteiger partial charge in [0.25, 0.3) is 0 Å². The minimum absolute atomic E-state index is 0.116. The van der Waals surface area contributed by atoms with E-state index in [-0.39, 0.29) is 13.1 Å². The third-order valence-corrected chi connectivity index (χ3v) is 4.86. The molecule has 1 unspecified atom stereocenters. The summed E-state index contributed by atoms with van der Waals surface area (Å²) in [6.45, 7) is 1.97. The summed E-state index contributed by atoms with van der Waals surface area (Å²) in [5.74, 6) is 0. The molecule has 1 atom stereocenters. The van der Waals surface area contributed by atoms with Crippen LogP contribution in [0, 0.1) is 0 Å². The van der Waals surface area contributed by atoms with Crippen molar-refractivity contribution < 1.29 is 8.42 Å². The van der Waals surface area contributed by atoms with Gasteiger partial charge < -0.3 is 5.73 Å². The minimum atomic E-state index is -3.32. The first kappa shape index (κ1) is 13.6. The van der Waals surface area contributed by atoms with Crippen molar-refractivity contribution >= 4 is 26.0 Å². The summed E-state index contributed by atoms with van der Waals surface area (Å²) in [6.07, 6.45) is 0. The monoisotopic (exact) mass is 306 g/mol. The van der Waals surface area contributed by atoms with Gasteiger partial charge in [-0.1, -0.05) is 34.1 Å². The normalized spacial score (nSPS) is 13.7. The van der Waals surface area contributed by atoms with Crippen LogP contribution in [0.15, 0.2) is 28.7 Å². The Balaban J connectivity index is 2.69. The first-order chi connectivity index (χ1) is 7.47. The van der Waals surface area contributed by atoms with E-state index in [1.54, 1.807) is 6.92 Å². The fourth-order valence-electron chi connectivity index (χ4n) is 1.09. The molecule has 0 aliphatic carbocycles. The number of sulfonamides is 1. The smallest absolute Gasteiger partial charge is 0.215 e. The molecule has 0 heterocycles. The van der Waals surface area contributed by atoms with E-state index in [0.29, 0.717) is 0 Å². The van der Waals surface area contributed by atoms with Gasteiger partial charge in [0.2, 0.25) is 10.0 Å². The van der Waals surface area contributed by atoms with Crippen molar-refractivity contribution in [3.63, 3.8) is 0 Å². The topological polar surface area (TPSA) is 72.2 Å². The van der Waals surface area contributed by atoms with Crippen molar-refractivity contribution in [3.05, 3.63) is 34.3 Å². The van der Waals surface area contributed by atoms with Gasteiger partial charge in [0.1, 0.15) is 0 Å². The Kier molecular flexibility index (Phi) is 4.91. The van der Waals surface area contributed by atoms with Crippen LogP contribution in [-0.4, -0.2) is 20.2 Å². The number of nitrogens with two attached hydrogens (primary N) is 1.